The van der Waals surface area contributed by atoms with Crippen LogP contribution in [0.4, 0.5) is 5.69 Å². The standard InChI is InChI=1S/C17H32N4/c1-12(2)10-21(11-13(3)4)16-9-19-17(14(5)6)20-15(16)8-18-7/h9,12-14,18H,8,10-11H2,1-7H3. The predicted molar refractivity (Wildman–Crippen MR) is 90.8 cm³/mol. The lowest BCUT2D eigenvalue weighted by Crippen LogP contribution is -2.33. The highest BCUT2D eigenvalue weighted by atomic mass is 15.2. The Morgan fingerprint density at radius 3 is 2.05 bits per heavy atom. The molecule has 0 aliphatic heterocycles. The van der Waals surface area contributed by atoms with Crippen LogP contribution in [0, 0.1) is 11.8 Å². The minimum atomic E-state index is 0.360. The second-order valence-electron chi connectivity index (χ2n) is 6.94. The smallest absolute Gasteiger partial charge is 0.131 e. The number of nitrogens with one attached hydrogen (secondary N) is 1. The maximum Gasteiger partial charge on any atom is 0.131 e. The van der Waals surface area contributed by atoms with E-state index in [1.165, 1.54) is 5.69 Å². The van der Waals surface area contributed by atoms with Gasteiger partial charge in [-0.05, 0) is 18.9 Å². The monoisotopic (exact) mass is 292 g/mol. The van der Waals surface area contributed by atoms with Crippen molar-refractivity contribution in [1.82, 2.24) is 15.3 Å². The van der Waals surface area contributed by atoms with Crippen LogP contribution < -0.4 is 10.2 Å². The number of rotatable bonds is 8. The third-order valence-electron chi connectivity index (χ3n) is 3.24. The lowest BCUT2D eigenvalue weighted by Gasteiger charge is -2.30. The minimum absolute atomic E-state index is 0.360. The van der Waals surface area contributed by atoms with E-state index in [0.29, 0.717) is 17.8 Å². The van der Waals surface area contributed by atoms with Crippen LogP contribution in [0.3, 0.4) is 0 Å². The molecule has 4 nitrogen and oxygen atoms in total. The molecule has 0 atom stereocenters. The van der Waals surface area contributed by atoms with Crippen molar-refractivity contribution in [3.8, 4) is 0 Å². The first kappa shape index (κ1) is 17.9. The summed E-state index contributed by atoms with van der Waals surface area (Å²) in [5.41, 5.74) is 2.29. The van der Waals surface area contributed by atoms with Crippen LogP contribution in [0.5, 0.6) is 0 Å². The van der Waals surface area contributed by atoms with E-state index in [1.54, 1.807) is 0 Å². The summed E-state index contributed by atoms with van der Waals surface area (Å²) in [6, 6.07) is 0. The van der Waals surface area contributed by atoms with Gasteiger partial charge in [-0.1, -0.05) is 41.5 Å². The molecule has 0 saturated carbocycles. The van der Waals surface area contributed by atoms with Crippen LogP contribution in [-0.4, -0.2) is 30.1 Å². The molecule has 0 amide bonds. The van der Waals surface area contributed by atoms with Crippen LogP contribution in [0.2, 0.25) is 0 Å². The summed E-state index contributed by atoms with van der Waals surface area (Å²) in [7, 11) is 1.97. The molecule has 1 aromatic heterocycles. The Bertz CT molecular complexity index is 417. The van der Waals surface area contributed by atoms with E-state index in [-0.39, 0.29) is 0 Å². The molecule has 0 saturated heterocycles. The zero-order valence-electron chi connectivity index (χ0n) is 14.8. The number of hydrogen-bond acceptors (Lipinski definition) is 4. The second kappa shape index (κ2) is 8.32. The molecular formula is C17H32N4. The van der Waals surface area contributed by atoms with Gasteiger partial charge in [0.15, 0.2) is 0 Å². The Morgan fingerprint density at radius 1 is 1.05 bits per heavy atom. The molecular weight excluding hydrogens is 260 g/mol. The average Bonchev–Trinajstić information content (AvgIpc) is 2.37. The fourth-order valence-electron chi connectivity index (χ4n) is 2.42. The highest BCUT2D eigenvalue weighted by Gasteiger charge is 2.17. The molecule has 4 heteroatoms. The molecule has 0 aliphatic rings. The van der Waals surface area contributed by atoms with Gasteiger partial charge in [0.1, 0.15) is 5.82 Å². The maximum absolute atomic E-state index is 4.78. The molecule has 0 aliphatic carbocycles. The van der Waals surface area contributed by atoms with Gasteiger partial charge in [-0.15, -0.1) is 0 Å². The lowest BCUT2D eigenvalue weighted by molar-refractivity contribution is 0.548. The lowest BCUT2D eigenvalue weighted by atomic mass is 10.1. The second-order valence-corrected chi connectivity index (χ2v) is 6.94. The number of hydrogen-bond donors (Lipinski definition) is 1. The third-order valence-corrected chi connectivity index (χ3v) is 3.24. The normalized spacial score (nSPS) is 11.7. The van der Waals surface area contributed by atoms with E-state index < -0.39 is 0 Å². The van der Waals surface area contributed by atoms with Gasteiger partial charge in [0, 0.05) is 25.6 Å². The third kappa shape index (κ3) is 5.62. The maximum atomic E-state index is 4.78. The molecule has 1 aromatic rings. The average molecular weight is 292 g/mol. The molecule has 0 unspecified atom stereocenters. The topological polar surface area (TPSA) is 41.1 Å². The first-order valence-electron chi connectivity index (χ1n) is 8.10. The van der Waals surface area contributed by atoms with Gasteiger partial charge in [-0.3, -0.25) is 0 Å². The highest BCUT2D eigenvalue weighted by Crippen LogP contribution is 2.22. The number of aromatic nitrogens is 2. The van der Waals surface area contributed by atoms with E-state index in [2.05, 4.69) is 56.7 Å². The molecule has 0 bridgehead atoms. The Balaban J connectivity index is 3.15. The van der Waals surface area contributed by atoms with Crippen molar-refractivity contribution in [1.29, 1.82) is 0 Å². The van der Waals surface area contributed by atoms with Gasteiger partial charge in [0.2, 0.25) is 0 Å². The van der Waals surface area contributed by atoms with Crippen molar-refractivity contribution in [2.24, 2.45) is 11.8 Å². The van der Waals surface area contributed by atoms with Crippen molar-refractivity contribution in [3.63, 3.8) is 0 Å². The van der Waals surface area contributed by atoms with Crippen molar-refractivity contribution in [2.45, 2.75) is 54.0 Å². The van der Waals surface area contributed by atoms with Crippen molar-refractivity contribution in [3.05, 3.63) is 17.7 Å². The van der Waals surface area contributed by atoms with Gasteiger partial charge in [0.05, 0.1) is 17.6 Å². The fourth-order valence-corrected chi connectivity index (χ4v) is 2.42. The van der Waals surface area contributed by atoms with Crippen molar-refractivity contribution >= 4 is 5.69 Å². The zero-order valence-corrected chi connectivity index (χ0v) is 14.8. The van der Waals surface area contributed by atoms with Crippen LogP contribution in [-0.2, 0) is 6.54 Å². The first-order valence-corrected chi connectivity index (χ1v) is 8.10. The summed E-state index contributed by atoms with van der Waals surface area (Å²) in [6.45, 7) is 16.2. The van der Waals surface area contributed by atoms with Gasteiger partial charge in [-0.2, -0.15) is 0 Å². The van der Waals surface area contributed by atoms with E-state index in [4.69, 9.17) is 4.98 Å². The molecule has 120 valence electrons. The fraction of sp³-hybridized carbons (Fsp3) is 0.765. The Kier molecular flexibility index (Phi) is 7.09. The number of anilines is 1. The Labute approximate surface area is 130 Å². The molecule has 1 heterocycles. The SMILES string of the molecule is CNCc1nc(C(C)C)ncc1N(CC(C)C)CC(C)C. The molecule has 0 fully saturated rings. The first-order chi connectivity index (χ1) is 9.85. The molecule has 0 radical (unpaired) electrons. The van der Waals surface area contributed by atoms with Crippen LogP contribution >= 0.6 is 0 Å². The summed E-state index contributed by atoms with van der Waals surface area (Å²) in [6.07, 6.45) is 2.01. The molecule has 0 spiro atoms. The van der Waals surface area contributed by atoms with Gasteiger partial charge < -0.3 is 10.2 Å². The van der Waals surface area contributed by atoms with Crippen molar-refractivity contribution < 1.29 is 0 Å². The zero-order chi connectivity index (χ0) is 16.0. The van der Waals surface area contributed by atoms with E-state index in [0.717, 1.165) is 31.2 Å². The Morgan fingerprint density at radius 2 is 1.62 bits per heavy atom. The summed E-state index contributed by atoms with van der Waals surface area (Å²) >= 11 is 0. The largest absolute Gasteiger partial charge is 0.368 e. The van der Waals surface area contributed by atoms with Crippen LogP contribution in [0.15, 0.2) is 6.20 Å². The van der Waals surface area contributed by atoms with E-state index in [9.17, 15) is 0 Å². The highest BCUT2D eigenvalue weighted by molar-refractivity contribution is 5.49. The van der Waals surface area contributed by atoms with Gasteiger partial charge >= 0.3 is 0 Å². The molecule has 21 heavy (non-hydrogen) atoms. The van der Waals surface area contributed by atoms with Gasteiger partial charge in [0.25, 0.3) is 0 Å². The quantitative estimate of drug-likeness (QED) is 0.797. The van der Waals surface area contributed by atoms with Gasteiger partial charge in [-0.25, -0.2) is 9.97 Å². The molecule has 1 rings (SSSR count). The molecule has 0 aromatic carbocycles. The Hall–Kier alpha value is -1.16. The summed E-state index contributed by atoms with van der Waals surface area (Å²) < 4.78 is 0. The minimum Gasteiger partial charge on any atom is -0.368 e. The van der Waals surface area contributed by atoms with E-state index >= 15 is 0 Å². The number of nitrogens with zero attached hydrogens (tertiary/aromatic N) is 3. The van der Waals surface area contributed by atoms with Crippen LogP contribution in [0.1, 0.15) is 59.0 Å². The van der Waals surface area contributed by atoms with E-state index in [1.807, 2.05) is 13.2 Å². The van der Waals surface area contributed by atoms with Crippen molar-refractivity contribution in [2.75, 3.05) is 25.0 Å². The predicted octanol–water partition coefficient (Wildman–Crippen LogP) is 3.44. The van der Waals surface area contributed by atoms with Crippen LogP contribution in [0.25, 0.3) is 0 Å². The summed E-state index contributed by atoms with van der Waals surface area (Å²) in [5.74, 6) is 2.53. The molecule has 1 N–H and O–H groups in total. The summed E-state index contributed by atoms with van der Waals surface area (Å²) in [5, 5.41) is 3.24. The summed E-state index contributed by atoms with van der Waals surface area (Å²) in [4.78, 5) is 11.8.